The number of anilines is 1. The molecule has 1 aliphatic rings. The molecule has 1 unspecified atom stereocenters. The van der Waals surface area contributed by atoms with Crippen molar-refractivity contribution in [3.8, 4) is 0 Å². The summed E-state index contributed by atoms with van der Waals surface area (Å²) in [7, 11) is 0. The molecule has 2 rings (SSSR count). The summed E-state index contributed by atoms with van der Waals surface area (Å²) in [5.74, 6) is 5.73. The third-order valence-corrected chi connectivity index (χ3v) is 3.40. The van der Waals surface area contributed by atoms with E-state index in [1.165, 1.54) is 0 Å². The van der Waals surface area contributed by atoms with Crippen LogP contribution in [0.4, 0.5) is 5.82 Å². The molecule has 20 heavy (non-hydrogen) atoms. The van der Waals surface area contributed by atoms with Gasteiger partial charge >= 0.3 is 0 Å². The maximum atomic E-state index is 12.3. The van der Waals surface area contributed by atoms with Crippen LogP contribution in [0, 0.1) is 6.92 Å². The Morgan fingerprint density at radius 1 is 1.50 bits per heavy atom. The number of rotatable bonds is 3. The molecular weight excluding hydrogens is 256 g/mol. The molecule has 6 nitrogen and oxygen atoms in total. The van der Waals surface area contributed by atoms with E-state index < -0.39 is 0 Å². The van der Waals surface area contributed by atoms with Crippen LogP contribution < -0.4 is 16.6 Å². The van der Waals surface area contributed by atoms with Crippen molar-refractivity contribution < 1.29 is 9.53 Å². The van der Waals surface area contributed by atoms with Gasteiger partial charge in [0, 0.05) is 23.9 Å². The fourth-order valence-electron chi connectivity index (χ4n) is 2.50. The Labute approximate surface area is 119 Å². The molecule has 0 radical (unpaired) electrons. The molecule has 1 aromatic rings. The number of hydrogen-bond acceptors (Lipinski definition) is 5. The van der Waals surface area contributed by atoms with Crippen LogP contribution in [0.3, 0.4) is 0 Å². The Balaban J connectivity index is 2.06. The number of nitrogens with zero attached hydrogens (tertiary/aromatic N) is 1. The lowest BCUT2D eigenvalue weighted by Gasteiger charge is -2.35. The largest absolute Gasteiger partial charge is 0.375 e. The summed E-state index contributed by atoms with van der Waals surface area (Å²) in [4.78, 5) is 16.5. The minimum absolute atomic E-state index is 0.102. The Kier molecular flexibility index (Phi) is 4.25. The van der Waals surface area contributed by atoms with Gasteiger partial charge in [0.2, 0.25) is 0 Å². The van der Waals surface area contributed by atoms with Crippen LogP contribution in [0.15, 0.2) is 12.1 Å². The molecule has 0 aromatic carbocycles. The third kappa shape index (κ3) is 3.68. The van der Waals surface area contributed by atoms with Crippen LogP contribution in [0.1, 0.15) is 42.7 Å². The number of nitrogens with two attached hydrogens (primary N) is 1. The number of hydrogen-bond donors (Lipinski definition) is 3. The van der Waals surface area contributed by atoms with Gasteiger partial charge in [0.1, 0.15) is 5.82 Å². The molecule has 1 amide bonds. The number of hydrazine groups is 1. The Hall–Kier alpha value is -1.66. The summed E-state index contributed by atoms with van der Waals surface area (Å²) in [5.41, 5.74) is 3.60. The second-order valence-electron chi connectivity index (χ2n) is 5.80. The van der Waals surface area contributed by atoms with Crippen molar-refractivity contribution in [3.63, 3.8) is 0 Å². The number of carbonyl (C=O) groups is 1. The second kappa shape index (κ2) is 5.76. The number of aromatic nitrogens is 1. The van der Waals surface area contributed by atoms with Crippen LogP contribution in [-0.4, -0.2) is 29.1 Å². The van der Waals surface area contributed by atoms with Gasteiger partial charge in [-0.05, 0) is 45.7 Å². The molecule has 6 heteroatoms. The van der Waals surface area contributed by atoms with E-state index >= 15 is 0 Å². The number of carbonyl (C=O) groups excluding carboxylic acids is 1. The molecule has 2 heterocycles. The van der Waals surface area contributed by atoms with Crippen molar-refractivity contribution >= 4 is 11.7 Å². The van der Waals surface area contributed by atoms with Crippen molar-refractivity contribution in [2.45, 2.75) is 45.3 Å². The number of nitrogen functional groups attached to an aromatic ring is 1. The van der Waals surface area contributed by atoms with Gasteiger partial charge in [0.05, 0.1) is 5.60 Å². The summed E-state index contributed by atoms with van der Waals surface area (Å²) in [6, 6.07) is 3.53. The number of aryl methyl sites for hydroxylation is 1. The molecule has 110 valence electrons. The summed E-state index contributed by atoms with van der Waals surface area (Å²) in [6.07, 6.45) is 1.64. The van der Waals surface area contributed by atoms with E-state index in [9.17, 15) is 4.79 Å². The average Bonchev–Trinajstić information content (AvgIpc) is 2.36. The predicted molar refractivity (Wildman–Crippen MR) is 77.3 cm³/mol. The van der Waals surface area contributed by atoms with Gasteiger partial charge in [-0.1, -0.05) is 0 Å². The first kappa shape index (κ1) is 14.7. The molecule has 1 aliphatic heterocycles. The summed E-state index contributed by atoms with van der Waals surface area (Å²) in [6.45, 7) is 6.58. The highest BCUT2D eigenvalue weighted by Gasteiger charge is 2.29. The van der Waals surface area contributed by atoms with E-state index in [2.05, 4.69) is 15.7 Å². The normalized spacial score (nSPS) is 21.3. The summed E-state index contributed by atoms with van der Waals surface area (Å²) in [5, 5.41) is 3.05. The molecule has 1 fully saturated rings. The second-order valence-corrected chi connectivity index (χ2v) is 5.80. The summed E-state index contributed by atoms with van der Waals surface area (Å²) < 4.78 is 5.65. The van der Waals surface area contributed by atoms with Crippen molar-refractivity contribution in [1.29, 1.82) is 0 Å². The minimum atomic E-state index is -0.186. The van der Waals surface area contributed by atoms with Crippen molar-refractivity contribution in [2.24, 2.45) is 5.84 Å². The van der Waals surface area contributed by atoms with E-state index in [1.54, 1.807) is 12.1 Å². The SMILES string of the molecule is Cc1cc(C(=O)NC2CCOC(C)(C)C2)cc(NN)n1. The van der Waals surface area contributed by atoms with E-state index in [0.717, 1.165) is 18.5 Å². The standard InChI is InChI=1S/C14H22N4O2/c1-9-6-10(7-12(16-9)18-15)13(19)17-11-4-5-20-14(2,3)8-11/h6-7,11H,4-5,8,15H2,1-3H3,(H,16,18)(H,17,19). The van der Waals surface area contributed by atoms with Gasteiger partial charge in [-0.15, -0.1) is 0 Å². The van der Waals surface area contributed by atoms with Gasteiger partial charge < -0.3 is 15.5 Å². The lowest BCUT2D eigenvalue weighted by Crippen LogP contribution is -2.45. The number of pyridine rings is 1. The lowest BCUT2D eigenvalue weighted by atomic mass is 9.94. The first-order chi connectivity index (χ1) is 9.39. The molecule has 0 saturated carbocycles. The van der Waals surface area contributed by atoms with Crippen molar-refractivity contribution in [3.05, 3.63) is 23.4 Å². The highest BCUT2D eigenvalue weighted by Crippen LogP contribution is 2.24. The smallest absolute Gasteiger partial charge is 0.251 e. The first-order valence-corrected chi connectivity index (χ1v) is 6.80. The quantitative estimate of drug-likeness (QED) is 0.574. The molecule has 0 bridgehead atoms. The van der Waals surface area contributed by atoms with E-state index in [1.807, 2.05) is 20.8 Å². The summed E-state index contributed by atoms with van der Waals surface area (Å²) >= 11 is 0. The van der Waals surface area contributed by atoms with Crippen LogP contribution in [-0.2, 0) is 4.74 Å². The molecular formula is C14H22N4O2. The number of ether oxygens (including phenoxy) is 1. The molecule has 1 saturated heterocycles. The average molecular weight is 278 g/mol. The van der Waals surface area contributed by atoms with Crippen LogP contribution in [0.25, 0.3) is 0 Å². The Morgan fingerprint density at radius 2 is 2.25 bits per heavy atom. The van der Waals surface area contributed by atoms with Gasteiger partial charge in [0.15, 0.2) is 0 Å². The first-order valence-electron chi connectivity index (χ1n) is 6.80. The van der Waals surface area contributed by atoms with E-state index in [4.69, 9.17) is 10.6 Å². The van der Waals surface area contributed by atoms with Crippen molar-refractivity contribution in [2.75, 3.05) is 12.0 Å². The van der Waals surface area contributed by atoms with Gasteiger partial charge in [0.25, 0.3) is 5.91 Å². The maximum Gasteiger partial charge on any atom is 0.251 e. The van der Waals surface area contributed by atoms with Crippen LogP contribution in [0.2, 0.25) is 0 Å². The fourth-order valence-corrected chi connectivity index (χ4v) is 2.50. The predicted octanol–water partition coefficient (Wildman–Crippen LogP) is 1.36. The van der Waals surface area contributed by atoms with Crippen LogP contribution in [0.5, 0.6) is 0 Å². The Morgan fingerprint density at radius 3 is 2.90 bits per heavy atom. The molecule has 0 spiro atoms. The number of nitrogens with one attached hydrogen (secondary N) is 2. The minimum Gasteiger partial charge on any atom is -0.375 e. The molecule has 0 aliphatic carbocycles. The van der Waals surface area contributed by atoms with Gasteiger partial charge in [-0.2, -0.15) is 0 Å². The number of amides is 1. The van der Waals surface area contributed by atoms with E-state index in [-0.39, 0.29) is 17.6 Å². The monoisotopic (exact) mass is 278 g/mol. The maximum absolute atomic E-state index is 12.3. The topological polar surface area (TPSA) is 89.3 Å². The Bertz CT molecular complexity index is 502. The fraction of sp³-hybridized carbons (Fsp3) is 0.571. The molecule has 4 N–H and O–H groups in total. The van der Waals surface area contributed by atoms with Gasteiger partial charge in [-0.25, -0.2) is 10.8 Å². The third-order valence-electron chi connectivity index (χ3n) is 3.40. The zero-order valence-corrected chi connectivity index (χ0v) is 12.2. The van der Waals surface area contributed by atoms with Gasteiger partial charge in [-0.3, -0.25) is 4.79 Å². The zero-order valence-electron chi connectivity index (χ0n) is 12.2. The molecule has 1 atom stereocenters. The van der Waals surface area contributed by atoms with E-state index in [0.29, 0.717) is 18.0 Å². The van der Waals surface area contributed by atoms with Crippen LogP contribution >= 0.6 is 0 Å². The molecule has 1 aromatic heterocycles. The highest BCUT2D eigenvalue weighted by atomic mass is 16.5. The van der Waals surface area contributed by atoms with Crippen molar-refractivity contribution in [1.82, 2.24) is 10.3 Å². The zero-order chi connectivity index (χ0) is 14.8. The lowest BCUT2D eigenvalue weighted by molar-refractivity contribution is -0.0615. The highest BCUT2D eigenvalue weighted by molar-refractivity contribution is 5.95.